The van der Waals surface area contributed by atoms with Gasteiger partial charge in [0.25, 0.3) is 5.91 Å². The lowest BCUT2D eigenvalue weighted by molar-refractivity contribution is 0.0733. The highest BCUT2D eigenvalue weighted by molar-refractivity contribution is 5.98. The molecular weight excluding hydrogens is 446 g/mol. The second kappa shape index (κ2) is 9.25. The van der Waals surface area contributed by atoms with Gasteiger partial charge < -0.3 is 19.7 Å². The van der Waals surface area contributed by atoms with E-state index in [2.05, 4.69) is 15.3 Å². The summed E-state index contributed by atoms with van der Waals surface area (Å²) in [5.74, 6) is 1.10. The van der Waals surface area contributed by atoms with Crippen molar-refractivity contribution >= 4 is 17.6 Å². The number of aromatic nitrogens is 2. The maximum atomic E-state index is 13.5. The molecule has 0 atom stereocenters. The van der Waals surface area contributed by atoms with Crippen LogP contribution in [-0.4, -0.2) is 60.2 Å². The van der Waals surface area contributed by atoms with E-state index in [0.717, 1.165) is 28.2 Å². The summed E-state index contributed by atoms with van der Waals surface area (Å²) >= 11 is 0. The summed E-state index contributed by atoms with van der Waals surface area (Å²) < 4.78 is 11.7. The molecule has 3 amide bonds. The third-order valence-electron chi connectivity index (χ3n) is 6.22. The fourth-order valence-corrected chi connectivity index (χ4v) is 4.46. The van der Waals surface area contributed by atoms with Crippen molar-refractivity contribution in [2.75, 3.05) is 38.3 Å². The van der Waals surface area contributed by atoms with E-state index in [1.807, 2.05) is 32.0 Å². The number of nitrogens with one attached hydrogen (secondary N) is 1. The van der Waals surface area contributed by atoms with Gasteiger partial charge in [0.1, 0.15) is 6.61 Å². The van der Waals surface area contributed by atoms with Crippen LogP contribution in [0.15, 0.2) is 42.6 Å². The number of fused-ring (bicyclic) bond motifs is 1. The number of ether oxygens (including phenoxy) is 2. The zero-order valence-electron chi connectivity index (χ0n) is 20.0. The summed E-state index contributed by atoms with van der Waals surface area (Å²) in [6, 6.07) is 10.9. The minimum atomic E-state index is -0.152. The highest BCUT2D eigenvalue weighted by Crippen LogP contribution is 2.38. The first-order valence-electron chi connectivity index (χ1n) is 11.5. The molecule has 2 aliphatic heterocycles. The molecule has 1 saturated heterocycles. The summed E-state index contributed by atoms with van der Waals surface area (Å²) in [6.45, 7) is 6.10. The molecule has 5 rings (SSSR count). The second-order valence-corrected chi connectivity index (χ2v) is 8.62. The monoisotopic (exact) mass is 473 g/mol. The minimum absolute atomic E-state index is 0.126. The highest BCUT2D eigenvalue weighted by Gasteiger charge is 2.26. The van der Waals surface area contributed by atoms with E-state index in [4.69, 9.17) is 9.47 Å². The molecule has 9 nitrogen and oxygen atoms in total. The summed E-state index contributed by atoms with van der Waals surface area (Å²) in [5, 5.41) is 2.79. The van der Waals surface area contributed by atoms with Gasteiger partial charge in [-0.15, -0.1) is 0 Å². The molecule has 35 heavy (non-hydrogen) atoms. The normalized spacial score (nSPS) is 15.2. The average Bonchev–Trinajstić information content (AvgIpc) is 3.18. The maximum Gasteiger partial charge on any atom is 0.321 e. The number of amides is 3. The Kier molecular flexibility index (Phi) is 5.98. The Bertz CT molecular complexity index is 1310. The lowest BCUT2D eigenvalue weighted by Crippen LogP contribution is -2.33. The topological polar surface area (TPSA) is 96.9 Å². The van der Waals surface area contributed by atoms with Crippen molar-refractivity contribution in [1.82, 2.24) is 20.2 Å². The van der Waals surface area contributed by atoms with Gasteiger partial charge in [0, 0.05) is 48.2 Å². The molecule has 0 aliphatic carbocycles. The van der Waals surface area contributed by atoms with Gasteiger partial charge in [-0.25, -0.2) is 9.78 Å². The fourth-order valence-electron chi connectivity index (χ4n) is 4.46. The smallest absolute Gasteiger partial charge is 0.321 e. The number of benzene rings is 2. The first-order chi connectivity index (χ1) is 16.9. The van der Waals surface area contributed by atoms with Crippen molar-refractivity contribution in [2.24, 2.45) is 0 Å². The van der Waals surface area contributed by atoms with E-state index in [-0.39, 0.29) is 11.9 Å². The summed E-state index contributed by atoms with van der Waals surface area (Å²) in [7, 11) is 1.60. The second-order valence-electron chi connectivity index (χ2n) is 8.62. The van der Waals surface area contributed by atoms with Gasteiger partial charge in [0.2, 0.25) is 0 Å². The number of methoxy groups -OCH3 is 1. The largest absolute Gasteiger partial charge is 0.493 e. The number of hydrogen-bond donors (Lipinski definition) is 1. The van der Waals surface area contributed by atoms with E-state index in [1.165, 1.54) is 0 Å². The van der Waals surface area contributed by atoms with Crippen LogP contribution < -0.4 is 19.7 Å². The van der Waals surface area contributed by atoms with Crippen LogP contribution in [0.1, 0.15) is 27.3 Å². The maximum absolute atomic E-state index is 13.5. The molecule has 1 aromatic heterocycles. The van der Waals surface area contributed by atoms with Crippen molar-refractivity contribution in [3.63, 3.8) is 0 Å². The van der Waals surface area contributed by atoms with Crippen LogP contribution in [-0.2, 0) is 6.54 Å². The van der Waals surface area contributed by atoms with E-state index < -0.39 is 0 Å². The Hall–Kier alpha value is -4.14. The van der Waals surface area contributed by atoms with Crippen LogP contribution in [0.4, 0.5) is 10.5 Å². The van der Waals surface area contributed by atoms with Gasteiger partial charge in [0.05, 0.1) is 30.7 Å². The van der Waals surface area contributed by atoms with Crippen LogP contribution in [0.5, 0.6) is 11.5 Å². The molecule has 9 heteroatoms. The number of rotatable bonds is 4. The third kappa shape index (κ3) is 4.37. The van der Waals surface area contributed by atoms with Crippen molar-refractivity contribution in [1.29, 1.82) is 0 Å². The molecule has 0 bridgehead atoms. The molecule has 0 saturated carbocycles. The lowest BCUT2D eigenvalue weighted by atomic mass is 10.0. The predicted octanol–water partition coefficient (Wildman–Crippen LogP) is 3.33. The predicted molar refractivity (Wildman–Crippen MR) is 131 cm³/mol. The van der Waals surface area contributed by atoms with Crippen LogP contribution in [0.3, 0.4) is 0 Å². The van der Waals surface area contributed by atoms with E-state index in [0.29, 0.717) is 55.5 Å². The van der Waals surface area contributed by atoms with Gasteiger partial charge in [0.15, 0.2) is 11.5 Å². The summed E-state index contributed by atoms with van der Waals surface area (Å²) in [6.07, 6.45) is 1.74. The quantitative estimate of drug-likeness (QED) is 0.624. The Balaban J connectivity index is 1.48. The van der Waals surface area contributed by atoms with Gasteiger partial charge in [-0.1, -0.05) is 6.07 Å². The molecule has 1 fully saturated rings. The molecule has 0 unspecified atom stereocenters. The lowest BCUT2D eigenvalue weighted by Gasteiger charge is -2.21. The van der Waals surface area contributed by atoms with E-state index >= 15 is 0 Å². The van der Waals surface area contributed by atoms with Gasteiger partial charge >= 0.3 is 6.03 Å². The van der Waals surface area contributed by atoms with Gasteiger partial charge in [-0.3, -0.25) is 14.7 Å². The molecule has 3 heterocycles. The number of nitrogens with zero attached hydrogens (tertiary/aromatic N) is 4. The van der Waals surface area contributed by atoms with Gasteiger partial charge in [-0.05, 0) is 44.2 Å². The minimum Gasteiger partial charge on any atom is -0.493 e. The molecule has 0 radical (unpaired) electrons. The Morgan fingerprint density at radius 1 is 1.17 bits per heavy atom. The average molecular weight is 474 g/mol. The third-order valence-corrected chi connectivity index (χ3v) is 6.22. The number of aryl methyl sites for hydroxylation is 2. The van der Waals surface area contributed by atoms with Crippen molar-refractivity contribution in [3.8, 4) is 22.8 Å². The SMILES string of the molecule is COc1cc(-c2nc(C)cnc2C)cc2c1OCCN(C(=O)c1cccc(N3CCNC3=O)c1)C2. The van der Waals surface area contributed by atoms with Crippen LogP contribution in [0, 0.1) is 13.8 Å². The molecular formula is C26H27N5O4. The first-order valence-corrected chi connectivity index (χ1v) is 11.5. The first kappa shape index (κ1) is 22.6. The van der Waals surface area contributed by atoms with Gasteiger partial charge in [-0.2, -0.15) is 0 Å². The summed E-state index contributed by atoms with van der Waals surface area (Å²) in [5.41, 5.74) is 5.31. The summed E-state index contributed by atoms with van der Waals surface area (Å²) in [4.78, 5) is 38.1. The molecule has 2 aromatic carbocycles. The van der Waals surface area contributed by atoms with Crippen LogP contribution in [0.2, 0.25) is 0 Å². The number of urea groups is 1. The van der Waals surface area contributed by atoms with Crippen molar-refractivity contribution in [3.05, 3.63) is 65.1 Å². The van der Waals surface area contributed by atoms with Crippen LogP contribution in [0.25, 0.3) is 11.3 Å². The zero-order valence-corrected chi connectivity index (χ0v) is 20.0. The molecule has 3 aromatic rings. The van der Waals surface area contributed by atoms with Crippen molar-refractivity contribution < 1.29 is 19.1 Å². The standard InChI is InChI=1S/C26H27N5O4/c1-16-14-28-17(2)23(29-16)19-11-20-15-30(9-10-35-24(20)22(13-19)34-3)25(32)18-5-4-6-21(12-18)31-8-7-27-26(31)33/h4-6,11-14H,7-10,15H2,1-3H3,(H,27,33). The number of anilines is 1. The number of hydrogen-bond acceptors (Lipinski definition) is 6. The molecule has 2 aliphatic rings. The molecule has 0 spiro atoms. The number of carbonyl (C=O) groups excluding carboxylic acids is 2. The number of carbonyl (C=O) groups is 2. The molecule has 1 N–H and O–H groups in total. The fraction of sp³-hybridized carbons (Fsp3) is 0.308. The Morgan fingerprint density at radius 2 is 2.03 bits per heavy atom. The van der Waals surface area contributed by atoms with E-state index in [1.54, 1.807) is 41.3 Å². The van der Waals surface area contributed by atoms with Crippen LogP contribution >= 0.6 is 0 Å². The Labute approximate surface area is 203 Å². The van der Waals surface area contributed by atoms with E-state index in [9.17, 15) is 9.59 Å². The zero-order chi connectivity index (χ0) is 24.5. The Morgan fingerprint density at radius 3 is 2.80 bits per heavy atom. The van der Waals surface area contributed by atoms with Crippen molar-refractivity contribution in [2.45, 2.75) is 20.4 Å². The molecule has 180 valence electrons. The highest BCUT2D eigenvalue weighted by atomic mass is 16.5.